The van der Waals surface area contributed by atoms with Gasteiger partial charge in [0.05, 0.1) is 10.4 Å². The van der Waals surface area contributed by atoms with Crippen molar-refractivity contribution in [2.75, 3.05) is 12.4 Å². The molecule has 0 aliphatic rings. The Morgan fingerprint density at radius 3 is 2.59 bits per heavy atom. The standard InChI is InChI=1S/C15H18N4O3/c1-9(2)14(15(20)16-3)18-13-7-4-10-8-11(19(21)22)5-6-12(10)17-13/h4-9,14H,1-3H3,(H,16,20)(H,17,18). The molecule has 0 aliphatic heterocycles. The van der Waals surface area contributed by atoms with E-state index in [-0.39, 0.29) is 17.5 Å². The molecule has 7 heteroatoms. The van der Waals surface area contributed by atoms with Gasteiger partial charge in [0.2, 0.25) is 5.91 Å². The summed E-state index contributed by atoms with van der Waals surface area (Å²) >= 11 is 0. The van der Waals surface area contributed by atoms with Gasteiger partial charge in [-0.25, -0.2) is 4.98 Å². The molecule has 1 aromatic heterocycles. The van der Waals surface area contributed by atoms with Crippen molar-refractivity contribution in [3.05, 3.63) is 40.4 Å². The minimum Gasteiger partial charge on any atom is -0.358 e. The summed E-state index contributed by atoms with van der Waals surface area (Å²) in [5.41, 5.74) is 0.662. The number of non-ortho nitro benzene ring substituents is 1. The van der Waals surface area contributed by atoms with Crippen LogP contribution in [-0.2, 0) is 4.79 Å². The smallest absolute Gasteiger partial charge is 0.270 e. The highest BCUT2D eigenvalue weighted by atomic mass is 16.6. The second-order valence-corrected chi connectivity index (χ2v) is 5.31. The molecule has 0 bridgehead atoms. The maximum absolute atomic E-state index is 11.9. The van der Waals surface area contributed by atoms with Gasteiger partial charge in [-0.3, -0.25) is 14.9 Å². The molecule has 1 unspecified atom stereocenters. The van der Waals surface area contributed by atoms with Crippen LogP contribution in [0.1, 0.15) is 13.8 Å². The molecule has 0 radical (unpaired) electrons. The number of aromatic nitrogens is 1. The highest BCUT2D eigenvalue weighted by Crippen LogP contribution is 2.21. The number of rotatable bonds is 5. The van der Waals surface area contributed by atoms with Gasteiger partial charge in [0.15, 0.2) is 0 Å². The van der Waals surface area contributed by atoms with E-state index in [2.05, 4.69) is 15.6 Å². The Hall–Kier alpha value is -2.70. The Labute approximate surface area is 127 Å². The number of pyridine rings is 1. The number of anilines is 1. The monoisotopic (exact) mass is 302 g/mol. The van der Waals surface area contributed by atoms with Crippen LogP contribution in [0, 0.1) is 16.0 Å². The number of nitrogens with zero attached hydrogens (tertiary/aromatic N) is 2. The molecule has 0 aliphatic carbocycles. The van der Waals surface area contributed by atoms with Gasteiger partial charge in [0.25, 0.3) is 5.69 Å². The van der Waals surface area contributed by atoms with Gasteiger partial charge >= 0.3 is 0 Å². The SMILES string of the molecule is CNC(=O)C(Nc1ccc2cc([N+](=O)[O-])ccc2n1)C(C)C. The second-order valence-electron chi connectivity index (χ2n) is 5.31. The molecule has 22 heavy (non-hydrogen) atoms. The van der Waals surface area contributed by atoms with E-state index in [4.69, 9.17) is 0 Å². The minimum absolute atomic E-state index is 0.0282. The first kappa shape index (κ1) is 15.7. The molecule has 1 aromatic carbocycles. The van der Waals surface area contributed by atoms with Gasteiger partial charge < -0.3 is 10.6 Å². The van der Waals surface area contributed by atoms with Gasteiger partial charge in [-0.1, -0.05) is 13.8 Å². The van der Waals surface area contributed by atoms with Crippen molar-refractivity contribution in [3.63, 3.8) is 0 Å². The molecule has 1 amide bonds. The van der Waals surface area contributed by atoms with E-state index in [1.165, 1.54) is 12.1 Å². The van der Waals surface area contributed by atoms with Crippen LogP contribution < -0.4 is 10.6 Å². The summed E-state index contributed by atoms with van der Waals surface area (Å²) in [6.07, 6.45) is 0. The molecular weight excluding hydrogens is 284 g/mol. The Kier molecular flexibility index (Phi) is 4.55. The lowest BCUT2D eigenvalue weighted by molar-refractivity contribution is -0.384. The van der Waals surface area contributed by atoms with Gasteiger partial charge in [0.1, 0.15) is 11.9 Å². The number of likely N-dealkylation sites (N-methyl/N-ethyl adjacent to an activating group) is 1. The number of amides is 1. The largest absolute Gasteiger partial charge is 0.358 e. The van der Waals surface area contributed by atoms with Crippen LogP contribution in [0.5, 0.6) is 0 Å². The van der Waals surface area contributed by atoms with Crippen LogP contribution in [0.15, 0.2) is 30.3 Å². The maximum Gasteiger partial charge on any atom is 0.270 e. The normalized spacial score (nSPS) is 12.2. The first-order valence-corrected chi connectivity index (χ1v) is 6.95. The third-order valence-corrected chi connectivity index (χ3v) is 3.38. The summed E-state index contributed by atoms with van der Waals surface area (Å²) in [6.45, 7) is 3.88. The van der Waals surface area contributed by atoms with Crippen LogP contribution >= 0.6 is 0 Å². The average Bonchev–Trinajstić information content (AvgIpc) is 2.50. The summed E-state index contributed by atoms with van der Waals surface area (Å²) in [7, 11) is 1.59. The number of nitrogens with one attached hydrogen (secondary N) is 2. The molecule has 0 spiro atoms. The zero-order valence-corrected chi connectivity index (χ0v) is 12.7. The summed E-state index contributed by atoms with van der Waals surface area (Å²) in [4.78, 5) is 26.6. The van der Waals surface area contributed by atoms with Gasteiger partial charge in [0, 0.05) is 24.6 Å². The van der Waals surface area contributed by atoms with Crippen LogP contribution in [-0.4, -0.2) is 28.9 Å². The van der Waals surface area contributed by atoms with Crippen molar-refractivity contribution >= 4 is 28.3 Å². The lowest BCUT2D eigenvalue weighted by Crippen LogP contribution is -2.41. The summed E-state index contributed by atoms with van der Waals surface area (Å²) in [5.74, 6) is 0.540. The summed E-state index contributed by atoms with van der Waals surface area (Å²) in [6, 6.07) is 7.56. The molecule has 0 fully saturated rings. The summed E-state index contributed by atoms with van der Waals surface area (Å²) in [5, 5.41) is 17.2. The number of hydrogen-bond acceptors (Lipinski definition) is 5. The van der Waals surface area contributed by atoms with E-state index in [0.717, 1.165) is 0 Å². The topological polar surface area (TPSA) is 97.2 Å². The third-order valence-electron chi connectivity index (χ3n) is 3.38. The van der Waals surface area contributed by atoms with Gasteiger partial charge in [-0.05, 0) is 24.1 Å². The predicted octanol–water partition coefficient (Wildman–Crippen LogP) is 2.33. The Morgan fingerprint density at radius 1 is 1.27 bits per heavy atom. The minimum atomic E-state index is -0.439. The first-order valence-electron chi connectivity index (χ1n) is 6.95. The highest BCUT2D eigenvalue weighted by Gasteiger charge is 2.21. The molecule has 0 saturated carbocycles. The fourth-order valence-electron chi connectivity index (χ4n) is 2.16. The van der Waals surface area contributed by atoms with E-state index in [9.17, 15) is 14.9 Å². The van der Waals surface area contributed by atoms with Gasteiger partial charge in [-0.2, -0.15) is 0 Å². The van der Waals surface area contributed by atoms with Crippen molar-refractivity contribution in [3.8, 4) is 0 Å². The Morgan fingerprint density at radius 2 is 2.00 bits per heavy atom. The van der Waals surface area contributed by atoms with Crippen LogP contribution in [0.2, 0.25) is 0 Å². The van der Waals surface area contributed by atoms with Crippen molar-refractivity contribution in [2.45, 2.75) is 19.9 Å². The molecule has 116 valence electrons. The summed E-state index contributed by atoms with van der Waals surface area (Å²) < 4.78 is 0. The molecule has 1 heterocycles. The lowest BCUT2D eigenvalue weighted by atomic mass is 10.0. The number of nitro benzene ring substituents is 1. The first-order chi connectivity index (χ1) is 10.4. The maximum atomic E-state index is 11.9. The van der Waals surface area contributed by atoms with Gasteiger partial charge in [-0.15, -0.1) is 0 Å². The molecule has 0 saturated heterocycles. The quantitative estimate of drug-likeness (QED) is 0.652. The van der Waals surface area contributed by atoms with Crippen molar-refractivity contribution < 1.29 is 9.72 Å². The van der Waals surface area contributed by atoms with Crippen LogP contribution in [0.3, 0.4) is 0 Å². The molecule has 2 N–H and O–H groups in total. The number of benzene rings is 1. The number of carbonyl (C=O) groups excluding carboxylic acids is 1. The van der Waals surface area contributed by atoms with E-state index in [1.807, 2.05) is 13.8 Å². The predicted molar refractivity (Wildman–Crippen MR) is 84.7 cm³/mol. The lowest BCUT2D eigenvalue weighted by Gasteiger charge is -2.21. The van der Waals surface area contributed by atoms with Crippen molar-refractivity contribution in [2.24, 2.45) is 5.92 Å². The van der Waals surface area contributed by atoms with Crippen LogP contribution in [0.25, 0.3) is 10.9 Å². The fourth-order valence-corrected chi connectivity index (χ4v) is 2.16. The van der Waals surface area contributed by atoms with E-state index in [0.29, 0.717) is 16.7 Å². The second kappa shape index (κ2) is 6.38. The Bertz CT molecular complexity index is 715. The molecule has 7 nitrogen and oxygen atoms in total. The Balaban J connectivity index is 2.31. The molecule has 2 rings (SSSR count). The number of hydrogen-bond donors (Lipinski definition) is 2. The molecule has 2 aromatic rings. The number of fused-ring (bicyclic) bond motifs is 1. The van der Waals surface area contributed by atoms with E-state index >= 15 is 0 Å². The zero-order chi connectivity index (χ0) is 16.3. The van der Waals surface area contributed by atoms with E-state index < -0.39 is 11.0 Å². The zero-order valence-electron chi connectivity index (χ0n) is 12.7. The highest BCUT2D eigenvalue weighted by molar-refractivity contribution is 5.86. The molecule has 1 atom stereocenters. The average molecular weight is 302 g/mol. The van der Waals surface area contributed by atoms with E-state index in [1.54, 1.807) is 25.2 Å². The number of nitro groups is 1. The fraction of sp³-hybridized carbons (Fsp3) is 0.333. The molecular formula is C15H18N4O3. The van der Waals surface area contributed by atoms with Crippen molar-refractivity contribution in [1.29, 1.82) is 0 Å². The van der Waals surface area contributed by atoms with Crippen LogP contribution in [0.4, 0.5) is 11.5 Å². The van der Waals surface area contributed by atoms with Crippen molar-refractivity contribution in [1.82, 2.24) is 10.3 Å². The number of carbonyl (C=O) groups is 1. The third kappa shape index (κ3) is 3.30.